The Morgan fingerprint density at radius 3 is 2.48 bits per heavy atom. The summed E-state index contributed by atoms with van der Waals surface area (Å²) in [5.41, 5.74) is 2.42. The number of fused-ring (bicyclic) bond motifs is 1. The Bertz CT molecular complexity index is 1240. The number of benzene rings is 3. The van der Waals surface area contributed by atoms with Crippen LogP contribution >= 0.6 is 11.8 Å². The number of carbonyl (C=O) groups is 1. The first kappa shape index (κ1) is 25.1. The van der Waals surface area contributed by atoms with E-state index < -0.39 is 16.1 Å². The number of amides is 1. The van der Waals surface area contributed by atoms with E-state index in [9.17, 15) is 13.2 Å². The Labute approximate surface area is 200 Å². The third-order valence-corrected chi connectivity index (χ3v) is 7.69. The first-order valence-corrected chi connectivity index (χ1v) is 13.5. The lowest BCUT2D eigenvalue weighted by atomic mass is 10.1. The lowest BCUT2D eigenvalue weighted by Crippen LogP contribution is -2.46. The summed E-state index contributed by atoms with van der Waals surface area (Å²) < 4.78 is 34.0. The molecule has 0 saturated heterocycles. The molecular weight excluding hydrogens is 456 g/mol. The van der Waals surface area contributed by atoms with Gasteiger partial charge in [-0.05, 0) is 84.0 Å². The molecule has 1 amide bonds. The van der Waals surface area contributed by atoms with Crippen LogP contribution in [-0.2, 0) is 21.4 Å². The number of rotatable bonds is 10. The third-order valence-electron chi connectivity index (χ3n) is 5.44. The molecule has 0 spiro atoms. The molecule has 1 unspecified atom stereocenters. The van der Waals surface area contributed by atoms with Gasteiger partial charge in [-0.3, -0.25) is 4.79 Å². The van der Waals surface area contributed by atoms with Gasteiger partial charge in [0.05, 0.1) is 12.0 Å². The second kappa shape index (κ2) is 11.0. The van der Waals surface area contributed by atoms with Gasteiger partial charge in [-0.2, -0.15) is 16.5 Å². The van der Waals surface area contributed by atoms with Crippen LogP contribution in [0.2, 0.25) is 0 Å². The molecule has 0 aliphatic rings. The second-order valence-electron chi connectivity index (χ2n) is 7.99. The molecule has 3 aromatic rings. The van der Waals surface area contributed by atoms with E-state index in [-0.39, 0.29) is 10.8 Å². The van der Waals surface area contributed by atoms with E-state index in [1.165, 1.54) is 0 Å². The minimum absolute atomic E-state index is 0.203. The van der Waals surface area contributed by atoms with Crippen molar-refractivity contribution in [2.45, 2.75) is 37.8 Å². The van der Waals surface area contributed by atoms with Crippen LogP contribution in [0.5, 0.6) is 5.75 Å². The van der Waals surface area contributed by atoms with Gasteiger partial charge in [0.15, 0.2) is 0 Å². The molecule has 8 heteroatoms. The molecule has 0 aromatic heterocycles. The summed E-state index contributed by atoms with van der Waals surface area (Å²) in [7, 11) is -2.21. The molecule has 6 nitrogen and oxygen atoms in total. The van der Waals surface area contributed by atoms with E-state index in [0.29, 0.717) is 24.3 Å². The quantitative estimate of drug-likeness (QED) is 0.449. The average Bonchev–Trinajstić information content (AvgIpc) is 2.81. The standard InChI is InChI=1S/C25H30N2O4S2/c1-17-5-6-18(2)24(13-17)33(29,30)27-23(11-12-32-4)25(28)26-16-19-7-8-21-15-22(31-3)10-9-20(21)14-19/h5-10,13-15,23,27H,11-12,16H2,1-4H3,(H,26,28). The minimum atomic E-state index is -3.84. The van der Waals surface area contributed by atoms with E-state index in [4.69, 9.17) is 4.74 Å². The van der Waals surface area contributed by atoms with Crippen molar-refractivity contribution in [2.75, 3.05) is 19.1 Å². The first-order valence-electron chi connectivity index (χ1n) is 10.7. The lowest BCUT2D eigenvalue weighted by molar-refractivity contribution is -0.122. The van der Waals surface area contributed by atoms with Crippen molar-refractivity contribution in [1.82, 2.24) is 10.0 Å². The van der Waals surface area contributed by atoms with Crippen molar-refractivity contribution in [3.63, 3.8) is 0 Å². The number of hydrogen-bond donors (Lipinski definition) is 2. The van der Waals surface area contributed by atoms with Crippen LogP contribution < -0.4 is 14.8 Å². The molecule has 33 heavy (non-hydrogen) atoms. The maximum atomic E-state index is 13.0. The van der Waals surface area contributed by atoms with Crippen LogP contribution in [0.3, 0.4) is 0 Å². The van der Waals surface area contributed by atoms with Gasteiger partial charge in [0.2, 0.25) is 15.9 Å². The number of nitrogens with one attached hydrogen (secondary N) is 2. The topological polar surface area (TPSA) is 84.5 Å². The average molecular weight is 487 g/mol. The summed E-state index contributed by atoms with van der Waals surface area (Å²) in [6, 6.07) is 16.2. The van der Waals surface area contributed by atoms with Crippen molar-refractivity contribution in [1.29, 1.82) is 0 Å². The molecule has 0 heterocycles. The molecule has 1 atom stereocenters. The van der Waals surface area contributed by atoms with Gasteiger partial charge < -0.3 is 10.1 Å². The lowest BCUT2D eigenvalue weighted by Gasteiger charge is -2.19. The molecule has 0 radical (unpaired) electrons. The Hall–Kier alpha value is -2.55. The number of ether oxygens (including phenoxy) is 1. The fraction of sp³-hybridized carbons (Fsp3) is 0.320. The molecule has 176 valence electrons. The number of sulfonamides is 1. The van der Waals surface area contributed by atoms with Crippen LogP contribution in [0.15, 0.2) is 59.5 Å². The largest absolute Gasteiger partial charge is 0.497 e. The fourth-order valence-corrected chi connectivity index (χ4v) is 5.58. The zero-order valence-corrected chi connectivity index (χ0v) is 21.0. The highest BCUT2D eigenvalue weighted by Gasteiger charge is 2.26. The Kier molecular flexibility index (Phi) is 8.40. The Morgan fingerprint density at radius 2 is 1.76 bits per heavy atom. The zero-order chi connectivity index (χ0) is 24.0. The summed E-state index contributed by atoms with van der Waals surface area (Å²) in [4.78, 5) is 13.2. The molecule has 0 aliphatic carbocycles. The van der Waals surface area contributed by atoms with Gasteiger partial charge >= 0.3 is 0 Å². The van der Waals surface area contributed by atoms with E-state index in [1.807, 2.05) is 55.6 Å². The van der Waals surface area contributed by atoms with E-state index in [0.717, 1.165) is 27.6 Å². The maximum absolute atomic E-state index is 13.0. The van der Waals surface area contributed by atoms with Gasteiger partial charge in [-0.25, -0.2) is 8.42 Å². The number of carbonyl (C=O) groups excluding carboxylic acids is 1. The number of aryl methyl sites for hydroxylation is 2. The molecule has 0 fully saturated rings. The number of hydrogen-bond acceptors (Lipinski definition) is 5. The summed E-state index contributed by atoms with van der Waals surface area (Å²) in [6.45, 7) is 3.90. The highest BCUT2D eigenvalue weighted by Crippen LogP contribution is 2.22. The molecule has 2 N–H and O–H groups in total. The Balaban J connectivity index is 1.74. The first-order chi connectivity index (χ1) is 15.7. The summed E-state index contributed by atoms with van der Waals surface area (Å²) in [5.74, 6) is 1.11. The SMILES string of the molecule is COc1ccc2cc(CNC(=O)C(CCSC)NS(=O)(=O)c3cc(C)ccc3C)ccc2c1. The molecule has 3 rings (SSSR count). The summed E-state index contributed by atoms with van der Waals surface area (Å²) in [5, 5.41) is 4.98. The maximum Gasteiger partial charge on any atom is 0.241 e. The monoisotopic (exact) mass is 486 g/mol. The molecule has 0 aliphatic heterocycles. The predicted octanol–water partition coefficient (Wildman–Crippen LogP) is 4.18. The van der Waals surface area contributed by atoms with Crippen molar-refractivity contribution in [3.8, 4) is 5.75 Å². The summed E-state index contributed by atoms with van der Waals surface area (Å²) in [6.07, 6.45) is 2.33. The smallest absolute Gasteiger partial charge is 0.241 e. The normalized spacial score (nSPS) is 12.5. The highest BCUT2D eigenvalue weighted by atomic mass is 32.2. The zero-order valence-electron chi connectivity index (χ0n) is 19.3. The summed E-state index contributed by atoms with van der Waals surface area (Å²) >= 11 is 1.57. The van der Waals surface area contributed by atoms with Gasteiger partial charge in [0, 0.05) is 6.54 Å². The second-order valence-corrected chi connectivity index (χ2v) is 10.7. The number of thioether (sulfide) groups is 1. The Morgan fingerprint density at radius 1 is 1.03 bits per heavy atom. The highest BCUT2D eigenvalue weighted by molar-refractivity contribution is 7.98. The van der Waals surface area contributed by atoms with Crippen molar-refractivity contribution in [2.24, 2.45) is 0 Å². The van der Waals surface area contributed by atoms with Crippen molar-refractivity contribution >= 4 is 38.5 Å². The molecule has 0 bridgehead atoms. The van der Waals surface area contributed by atoms with Crippen molar-refractivity contribution < 1.29 is 17.9 Å². The molecule has 3 aromatic carbocycles. The molecule has 0 saturated carbocycles. The van der Waals surface area contributed by atoms with Gasteiger partial charge in [-0.15, -0.1) is 0 Å². The van der Waals surface area contributed by atoms with Crippen LogP contribution in [0.1, 0.15) is 23.1 Å². The van der Waals surface area contributed by atoms with E-state index >= 15 is 0 Å². The van der Waals surface area contributed by atoms with Gasteiger partial charge in [0.1, 0.15) is 11.8 Å². The van der Waals surface area contributed by atoms with Crippen LogP contribution in [0.25, 0.3) is 10.8 Å². The fourth-order valence-electron chi connectivity index (χ4n) is 3.55. The van der Waals surface area contributed by atoms with Crippen LogP contribution in [0, 0.1) is 13.8 Å². The van der Waals surface area contributed by atoms with Crippen molar-refractivity contribution in [3.05, 3.63) is 71.3 Å². The predicted molar refractivity (Wildman–Crippen MR) is 135 cm³/mol. The van der Waals surface area contributed by atoms with Crippen LogP contribution in [0.4, 0.5) is 0 Å². The van der Waals surface area contributed by atoms with Gasteiger partial charge in [-0.1, -0.05) is 30.3 Å². The van der Waals surface area contributed by atoms with Gasteiger partial charge in [0.25, 0.3) is 0 Å². The third kappa shape index (κ3) is 6.50. The van der Waals surface area contributed by atoms with E-state index in [1.54, 1.807) is 37.9 Å². The minimum Gasteiger partial charge on any atom is -0.497 e. The van der Waals surface area contributed by atoms with Crippen LogP contribution in [-0.4, -0.2) is 39.5 Å². The number of methoxy groups -OCH3 is 1. The van der Waals surface area contributed by atoms with E-state index in [2.05, 4.69) is 10.0 Å². The molecular formula is C25H30N2O4S2.